The zero-order chi connectivity index (χ0) is 24.7. The molecule has 0 bridgehead atoms. The smallest absolute Gasteiger partial charge is 0.337 e. The van der Waals surface area contributed by atoms with E-state index in [1.165, 1.54) is 12.1 Å². The second-order valence-electron chi connectivity index (χ2n) is 9.11. The van der Waals surface area contributed by atoms with Gasteiger partial charge in [-0.25, -0.2) is 4.79 Å². The van der Waals surface area contributed by atoms with Crippen molar-refractivity contribution in [3.63, 3.8) is 0 Å². The summed E-state index contributed by atoms with van der Waals surface area (Å²) in [5.74, 6) is -1.71. The average Bonchev–Trinajstić information content (AvgIpc) is 2.84. The number of rotatable bonds is 4. The van der Waals surface area contributed by atoms with Crippen molar-refractivity contribution < 1.29 is 19.5 Å². The number of carbonyl (C=O) groups excluding carboxylic acids is 2. The molecule has 1 amide bonds. The van der Waals surface area contributed by atoms with Crippen molar-refractivity contribution in [1.82, 2.24) is 0 Å². The van der Waals surface area contributed by atoms with E-state index in [0.29, 0.717) is 29.8 Å². The van der Waals surface area contributed by atoms with Crippen LogP contribution in [0, 0.1) is 6.92 Å². The Kier molecular flexibility index (Phi) is 6.03. The minimum atomic E-state index is -1.17. The van der Waals surface area contributed by atoms with Crippen LogP contribution >= 0.6 is 11.6 Å². The highest BCUT2D eigenvalue weighted by molar-refractivity contribution is 6.33. The summed E-state index contributed by atoms with van der Waals surface area (Å²) in [6.07, 6.45) is 1.01. The van der Waals surface area contributed by atoms with E-state index in [2.05, 4.69) is 0 Å². The third-order valence-corrected chi connectivity index (χ3v) is 7.33. The van der Waals surface area contributed by atoms with Crippen LogP contribution in [0.3, 0.4) is 0 Å². The van der Waals surface area contributed by atoms with Gasteiger partial charge in [-0.3, -0.25) is 14.5 Å². The van der Waals surface area contributed by atoms with Gasteiger partial charge in [0, 0.05) is 35.7 Å². The highest BCUT2D eigenvalue weighted by Crippen LogP contribution is 2.47. The average molecular weight is 486 g/mol. The molecule has 6 heteroatoms. The number of carbonyl (C=O) groups is 3. The van der Waals surface area contributed by atoms with Crippen LogP contribution in [0.1, 0.15) is 58.1 Å². The molecule has 1 aliphatic carbocycles. The van der Waals surface area contributed by atoms with E-state index in [0.717, 1.165) is 16.7 Å². The SMILES string of the molecule is Cc1ccccc1C1CC(=O)N(c2ccc(Cl)c(C(=O)O)c2)C2=C1C(=O)CC(c1ccccc1)C2. The van der Waals surface area contributed by atoms with Crippen LogP contribution in [-0.2, 0) is 9.59 Å². The first-order chi connectivity index (χ1) is 16.8. The molecule has 1 heterocycles. The van der Waals surface area contributed by atoms with E-state index in [9.17, 15) is 19.5 Å². The Bertz CT molecular complexity index is 1380. The van der Waals surface area contributed by atoms with E-state index in [1.807, 2.05) is 61.5 Å². The van der Waals surface area contributed by atoms with Crippen molar-refractivity contribution >= 4 is 34.9 Å². The van der Waals surface area contributed by atoms with Gasteiger partial charge in [-0.2, -0.15) is 0 Å². The molecule has 176 valence electrons. The number of nitrogens with zero attached hydrogens (tertiary/aromatic N) is 1. The lowest BCUT2D eigenvalue weighted by atomic mass is 9.72. The lowest BCUT2D eigenvalue weighted by molar-refractivity contribution is -0.120. The molecule has 2 aliphatic rings. The van der Waals surface area contributed by atoms with Gasteiger partial charge in [0.05, 0.1) is 10.6 Å². The van der Waals surface area contributed by atoms with Crippen LogP contribution in [0.25, 0.3) is 0 Å². The number of hydrogen-bond acceptors (Lipinski definition) is 3. The van der Waals surface area contributed by atoms with Crippen molar-refractivity contribution in [2.75, 3.05) is 4.90 Å². The Hall–Kier alpha value is -3.70. The molecule has 2 atom stereocenters. The molecule has 0 spiro atoms. The molecule has 1 N–H and O–H groups in total. The van der Waals surface area contributed by atoms with E-state index < -0.39 is 5.97 Å². The quantitative estimate of drug-likeness (QED) is 0.472. The van der Waals surface area contributed by atoms with Gasteiger partial charge >= 0.3 is 5.97 Å². The lowest BCUT2D eigenvalue weighted by Gasteiger charge is -2.41. The number of allylic oxidation sites excluding steroid dienone is 2. The summed E-state index contributed by atoms with van der Waals surface area (Å²) < 4.78 is 0. The van der Waals surface area contributed by atoms with Crippen LogP contribution in [0.4, 0.5) is 5.69 Å². The van der Waals surface area contributed by atoms with Gasteiger partial charge in [-0.05, 0) is 54.2 Å². The predicted molar refractivity (Wildman–Crippen MR) is 135 cm³/mol. The summed E-state index contributed by atoms with van der Waals surface area (Å²) in [6, 6.07) is 22.2. The maximum absolute atomic E-state index is 13.7. The third-order valence-electron chi connectivity index (χ3n) is 7.00. The second kappa shape index (κ2) is 9.16. The molecule has 2 unspecified atom stereocenters. The third kappa shape index (κ3) is 4.17. The predicted octanol–water partition coefficient (Wildman–Crippen LogP) is 6.27. The van der Waals surface area contributed by atoms with Crippen molar-refractivity contribution in [3.8, 4) is 0 Å². The molecule has 1 aliphatic heterocycles. The first kappa shape index (κ1) is 23.1. The topological polar surface area (TPSA) is 74.7 Å². The number of carboxylic acid groups (broad SMARTS) is 1. The second-order valence-corrected chi connectivity index (χ2v) is 9.52. The Morgan fingerprint density at radius 1 is 0.943 bits per heavy atom. The van der Waals surface area contributed by atoms with Crippen molar-refractivity contribution in [2.45, 2.75) is 38.0 Å². The molecule has 0 radical (unpaired) electrons. The van der Waals surface area contributed by atoms with Crippen molar-refractivity contribution in [2.24, 2.45) is 0 Å². The molecule has 0 aromatic heterocycles. The first-order valence-corrected chi connectivity index (χ1v) is 12.0. The molecule has 0 saturated carbocycles. The lowest BCUT2D eigenvalue weighted by Crippen LogP contribution is -2.42. The molecule has 5 rings (SSSR count). The van der Waals surface area contributed by atoms with Crippen LogP contribution in [0.5, 0.6) is 0 Å². The molecule has 3 aromatic rings. The minimum Gasteiger partial charge on any atom is -0.478 e. The largest absolute Gasteiger partial charge is 0.478 e. The van der Waals surface area contributed by atoms with Gasteiger partial charge in [-0.15, -0.1) is 0 Å². The number of benzene rings is 3. The van der Waals surface area contributed by atoms with E-state index in [1.54, 1.807) is 11.0 Å². The Balaban J connectivity index is 1.69. The Morgan fingerprint density at radius 3 is 2.37 bits per heavy atom. The van der Waals surface area contributed by atoms with Gasteiger partial charge in [-0.1, -0.05) is 66.2 Å². The Labute approximate surface area is 208 Å². The van der Waals surface area contributed by atoms with Gasteiger partial charge in [0.2, 0.25) is 5.91 Å². The minimum absolute atomic E-state index is 0.0262. The number of amides is 1. The molecular formula is C29H24ClNO4. The van der Waals surface area contributed by atoms with Crippen LogP contribution < -0.4 is 4.90 Å². The van der Waals surface area contributed by atoms with Crippen molar-refractivity contribution in [1.29, 1.82) is 0 Å². The van der Waals surface area contributed by atoms with Crippen molar-refractivity contribution in [3.05, 3.63) is 111 Å². The summed E-state index contributed by atoms with van der Waals surface area (Å²) in [5.41, 5.74) is 4.68. The molecular weight excluding hydrogens is 462 g/mol. The van der Waals surface area contributed by atoms with Gasteiger partial charge in [0.1, 0.15) is 0 Å². The van der Waals surface area contributed by atoms with Crippen LogP contribution in [-0.4, -0.2) is 22.8 Å². The fourth-order valence-electron chi connectivity index (χ4n) is 5.36. The van der Waals surface area contributed by atoms with E-state index >= 15 is 0 Å². The number of ketones is 1. The summed E-state index contributed by atoms with van der Waals surface area (Å²) in [4.78, 5) is 40.6. The fraction of sp³-hybridized carbons (Fsp3) is 0.207. The monoisotopic (exact) mass is 485 g/mol. The van der Waals surface area contributed by atoms with E-state index in [4.69, 9.17) is 11.6 Å². The zero-order valence-corrected chi connectivity index (χ0v) is 20.0. The van der Waals surface area contributed by atoms with Crippen LogP contribution in [0.2, 0.25) is 5.02 Å². The number of hydrogen-bond donors (Lipinski definition) is 1. The van der Waals surface area contributed by atoms with E-state index in [-0.39, 0.29) is 40.5 Å². The fourth-order valence-corrected chi connectivity index (χ4v) is 5.55. The van der Waals surface area contributed by atoms with Gasteiger partial charge in [0.25, 0.3) is 0 Å². The molecule has 35 heavy (non-hydrogen) atoms. The maximum atomic E-state index is 13.7. The highest BCUT2D eigenvalue weighted by Gasteiger charge is 2.42. The highest BCUT2D eigenvalue weighted by atomic mass is 35.5. The summed E-state index contributed by atoms with van der Waals surface area (Å²) in [7, 11) is 0. The number of aromatic carboxylic acids is 1. The van der Waals surface area contributed by atoms with Gasteiger partial charge in [0.15, 0.2) is 5.78 Å². The number of carboxylic acids is 1. The molecule has 0 fully saturated rings. The molecule has 3 aromatic carbocycles. The Morgan fingerprint density at radius 2 is 1.66 bits per heavy atom. The maximum Gasteiger partial charge on any atom is 0.337 e. The number of aryl methyl sites for hydroxylation is 1. The number of halogens is 1. The molecule has 5 nitrogen and oxygen atoms in total. The number of anilines is 1. The summed E-state index contributed by atoms with van der Waals surface area (Å²) >= 11 is 6.10. The normalized spacial score (nSPS) is 20.1. The summed E-state index contributed by atoms with van der Waals surface area (Å²) in [6.45, 7) is 1.99. The van der Waals surface area contributed by atoms with Gasteiger partial charge < -0.3 is 5.11 Å². The first-order valence-electron chi connectivity index (χ1n) is 11.6. The zero-order valence-electron chi connectivity index (χ0n) is 19.2. The standard InChI is InChI=1S/C29H24ClNO4/c1-17-7-5-6-10-21(17)22-16-27(33)31(20-11-12-24(30)23(15-20)29(34)35)25-13-19(14-26(32)28(22)25)18-8-3-2-4-9-18/h2-12,15,19,22H,13-14,16H2,1H3,(H,34,35). The molecule has 0 saturated heterocycles. The number of Topliss-reactive ketones (excluding diaryl/α,β-unsaturated/α-hetero) is 1. The van der Waals surface area contributed by atoms with Crippen LogP contribution in [0.15, 0.2) is 84.1 Å². The summed E-state index contributed by atoms with van der Waals surface area (Å²) in [5, 5.41) is 9.68.